The van der Waals surface area contributed by atoms with Crippen LogP contribution in [0.3, 0.4) is 0 Å². The lowest BCUT2D eigenvalue weighted by Crippen LogP contribution is -2.03. The van der Waals surface area contributed by atoms with Crippen molar-refractivity contribution in [3.05, 3.63) is 33.3 Å². The first-order valence-electron chi connectivity index (χ1n) is 3.41. The largest absolute Gasteiger partial charge is 0.328 e. The van der Waals surface area contributed by atoms with Gasteiger partial charge in [0.1, 0.15) is 0 Å². The maximum absolute atomic E-state index is 12.3. The van der Waals surface area contributed by atoms with Gasteiger partial charge in [0.05, 0.1) is 10.9 Å². The number of halogens is 2. The van der Waals surface area contributed by atoms with Crippen molar-refractivity contribution >= 4 is 39.2 Å². The Balaban J connectivity index is 2.96. The second-order valence-corrected chi connectivity index (χ2v) is 3.82. The van der Waals surface area contributed by atoms with Crippen LogP contribution in [0.2, 0.25) is 0 Å². The van der Waals surface area contributed by atoms with Gasteiger partial charge in [-0.3, -0.25) is 8.77 Å². The lowest BCUT2D eigenvalue weighted by Gasteiger charge is -1.93. The van der Waals surface area contributed by atoms with Gasteiger partial charge in [-0.25, -0.2) is 0 Å². The molecule has 68 valence electrons. The Morgan fingerprint density at radius 3 is 3.08 bits per heavy atom. The number of hydrogen-bond acceptors (Lipinski definition) is 2. The van der Waals surface area contributed by atoms with Crippen LogP contribution in [0.4, 0.5) is 3.89 Å². The van der Waals surface area contributed by atoms with Crippen molar-refractivity contribution < 1.29 is 3.89 Å². The molecule has 0 fully saturated rings. The van der Waals surface area contributed by atoms with E-state index >= 15 is 0 Å². The molecule has 0 unspecified atom stereocenters. The normalized spacial score (nSPS) is 10.9. The van der Waals surface area contributed by atoms with Gasteiger partial charge in [-0.05, 0) is 22.0 Å². The van der Waals surface area contributed by atoms with Crippen molar-refractivity contribution in [1.29, 1.82) is 0 Å². The zero-order valence-corrected chi connectivity index (χ0v) is 8.65. The van der Waals surface area contributed by atoms with E-state index in [4.69, 9.17) is 0 Å². The third-order valence-corrected chi connectivity index (χ3v) is 2.77. The zero-order chi connectivity index (χ0) is 9.42. The molecule has 0 aromatic carbocycles. The quantitative estimate of drug-likeness (QED) is 0.858. The monoisotopic (exact) mass is 262 g/mol. The van der Waals surface area contributed by atoms with Crippen LogP contribution in [0.5, 0.6) is 0 Å². The molecule has 0 saturated carbocycles. The van der Waals surface area contributed by atoms with E-state index in [0.717, 1.165) is 0 Å². The van der Waals surface area contributed by atoms with Gasteiger partial charge in [0, 0.05) is 16.9 Å². The molecule has 0 bridgehead atoms. The second-order valence-electron chi connectivity index (χ2n) is 2.44. The van der Waals surface area contributed by atoms with E-state index in [1.165, 1.54) is 16.4 Å². The summed E-state index contributed by atoms with van der Waals surface area (Å²) in [5.41, 5.74) is 0.334. The van der Waals surface area contributed by atoms with E-state index < -0.39 is 0 Å². The fourth-order valence-electron chi connectivity index (χ4n) is 1.18. The van der Waals surface area contributed by atoms with Crippen LogP contribution in [0.25, 0.3) is 10.9 Å². The molecule has 0 atom stereocenters. The first-order valence-corrected chi connectivity index (χ1v) is 4.88. The summed E-state index contributed by atoms with van der Waals surface area (Å²) in [5, 5.41) is 0.465. The Labute approximate surface area is 85.5 Å². The van der Waals surface area contributed by atoms with Gasteiger partial charge in [-0.1, -0.05) is 0 Å². The van der Waals surface area contributed by atoms with Crippen molar-refractivity contribution in [1.82, 2.24) is 8.96 Å². The molecular formula is C7H4BrFN2OS. The molecule has 0 spiro atoms. The molecule has 2 heterocycles. The molecule has 0 amide bonds. The van der Waals surface area contributed by atoms with Crippen molar-refractivity contribution in [2.24, 2.45) is 0 Å². The summed E-state index contributed by atoms with van der Waals surface area (Å²) < 4.78 is 14.2. The Hall–Kier alpha value is -0.750. The lowest BCUT2D eigenvalue weighted by molar-refractivity contribution is 0.921. The Bertz CT molecular complexity index is 507. The van der Waals surface area contributed by atoms with Crippen molar-refractivity contribution in [2.75, 3.05) is 0 Å². The summed E-state index contributed by atoms with van der Waals surface area (Å²) in [6.07, 6.45) is 3.01. The van der Waals surface area contributed by atoms with Crippen LogP contribution in [0.1, 0.15) is 0 Å². The highest BCUT2D eigenvalue weighted by Gasteiger charge is 2.09. The van der Waals surface area contributed by atoms with E-state index in [1.54, 1.807) is 6.07 Å². The number of H-pyrrole nitrogens is 1. The number of aromatic amines is 1. The molecule has 6 heteroatoms. The first-order chi connectivity index (χ1) is 6.24. The van der Waals surface area contributed by atoms with Crippen molar-refractivity contribution in [3.8, 4) is 0 Å². The van der Waals surface area contributed by atoms with Crippen LogP contribution in [-0.4, -0.2) is 8.96 Å². The fourth-order valence-corrected chi connectivity index (χ4v) is 2.27. The standard InChI is InChI=1S/C7H4BrFN2OS/c8-4-3-11(13-9)5-1-2-10-7(12)6(4)5/h1-3H,(H,10,12). The van der Waals surface area contributed by atoms with E-state index in [2.05, 4.69) is 20.9 Å². The highest BCUT2D eigenvalue weighted by Crippen LogP contribution is 2.26. The summed E-state index contributed by atoms with van der Waals surface area (Å²) in [6.45, 7) is 0. The van der Waals surface area contributed by atoms with Crippen LogP contribution in [-0.2, 0) is 0 Å². The zero-order valence-electron chi connectivity index (χ0n) is 6.25. The second kappa shape index (κ2) is 3.19. The average molecular weight is 263 g/mol. The topological polar surface area (TPSA) is 37.8 Å². The minimum Gasteiger partial charge on any atom is -0.328 e. The van der Waals surface area contributed by atoms with Gasteiger partial charge in [0.25, 0.3) is 5.56 Å². The van der Waals surface area contributed by atoms with E-state index in [9.17, 15) is 8.68 Å². The van der Waals surface area contributed by atoms with Crippen LogP contribution in [0, 0.1) is 0 Å². The van der Waals surface area contributed by atoms with Gasteiger partial charge >= 0.3 is 0 Å². The molecule has 0 aliphatic carbocycles. The van der Waals surface area contributed by atoms with Crippen LogP contribution < -0.4 is 5.56 Å². The minimum atomic E-state index is -0.225. The predicted octanol–water partition coefficient (Wildman–Crippen LogP) is 2.47. The third-order valence-electron chi connectivity index (χ3n) is 1.72. The maximum Gasteiger partial charge on any atom is 0.258 e. The Morgan fingerprint density at radius 1 is 1.62 bits per heavy atom. The molecule has 0 aliphatic heterocycles. The van der Waals surface area contributed by atoms with Crippen molar-refractivity contribution in [2.45, 2.75) is 0 Å². The van der Waals surface area contributed by atoms with Crippen LogP contribution >= 0.6 is 28.3 Å². The lowest BCUT2D eigenvalue weighted by atomic mass is 10.3. The predicted molar refractivity (Wildman–Crippen MR) is 54.4 cm³/mol. The highest BCUT2D eigenvalue weighted by molar-refractivity contribution is 9.10. The molecule has 0 saturated heterocycles. The number of nitrogens with one attached hydrogen (secondary N) is 1. The molecule has 2 rings (SSSR count). The molecule has 13 heavy (non-hydrogen) atoms. The summed E-state index contributed by atoms with van der Waals surface area (Å²) in [7, 11) is 0. The molecule has 0 radical (unpaired) electrons. The smallest absolute Gasteiger partial charge is 0.258 e. The van der Waals surface area contributed by atoms with Gasteiger partial charge in [-0.2, -0.15) is 0 Å². The van der Waals surface area contributed by atoms with Crippen molar-refractivity contribution in [3.63, 3.8) is 0 Å². The molecular weight excluding hydrogens is 259 g/mol. The van der Waals surface area contributed by atoms with Crippen LogP contribution in [0.15, 0.2) is 27.7 Å². The molecule has 2 aromatic heterocycles. The van der Waals surface area contributed by atoms with Gasteiger partial charge in [0.15, 0.2) is 12.3 Å². The number of pyridine rings is 1. The number of aromatic nitrogens is 2. The highest BCUT2D eigenvalue weighted by atomic mass is 79.9. The van der Waals surface area contributed by atoms with E-state index in [1.807, 2.05) is 0 Å². The molecule has 2 aromatic rings. The van der Waals surface area contributed by atoms with E-state index in [0.29, 0.717) is 15.4 Å². The Morgan fingerprint density at radius 2 is 2.38 bits per heavy atom. The molecule has 1 N–H and O–H groups in total. The number of nitrogens with zero attached hydrogens (tertiary/aromatic N) is 1. The van der Waals surface area contributed by atoms with Gasteiger partial charge in [0.2, 0.25) is 0 Å². The summed E-state index contributed by atoms with van der Waals surface area (Å²) >= 11 is 3.25. The first kappa shape index (κ1) is 8.83. The van der Waals surface area contributed by atoms with Gasteiger partial charge in [-0.15, -0.1) is 3.89 Å². The Kier molecular flexibility index (Phi) is 2.17. The summed E-state index contributed by atoms with van der Waals surface area (Å²) in [5.74, 6) is 0. The number of rotatable bonds is 1. The summed E-state index contributed by atoms with van der Waals surface area (Å²) in [4.78, 5) is 13.8. The maximum atomic E-state index is 12.3. The molecule has 3 nitrogen and oxygen atoms in total. The fraction of sp³-hybridized carbons (Fsp3) is 0. The average Bonchev–Trinajstić information content (AvgIpc) is 2.44. The van der Waals surface area contributed by atoms with E-state index in [-0.39, 0.29) is 17.9 Å². The number of hydrogen-bond donors (Lipinski definition) is 1. The number of fused-ring (bicyclic) bond motifs is 1. The summed E-state index contributed by atoms with van der Waals surface area (Å²) in [6, 6.07) is 1.65. The minimum absolute atomic E-state index is 0.0617. The molecule has 0 aliphatic rings. The third kappa shape index (κ3) is 1.30. The SMILES string of the molecule is O=c1[nH]ccc2c1c(Br)cn2SF. The van der Waals surface area contributed by atoms with Gasteiger partial charge < -0.3 is 4.98 Å².